The van der Waals surface area contributed by atoms with Gasteiger partial charge < -0.3 is 0 Å². The van der Waals surface area contributed by atoms with Crippen molar-refractivity contribution in [1.82, 2.24) is 0 Å². The van der Waals surface area contributed by atoms with Gasteiger partial charge in [0.25, 0.3) is 0 Å². The van der Waals surface area contributed by atoms with Crippen LogP contribution < -0.4 is 0 Å². The van der Waals surface area contributed by atoms with Crippen LogP contribution in [0.25, 0.3) is 20.4 Å². The third-order valence-corrected chi connectivity index (χ3v) is 4.96. The van der Waals surface area contributed by atoms with Gasteiger partial charge >= 0.3 is 101 Å². The molecule has 74 valence electrons. The van der Waals surface area contributed by atoms with Gasteiger partial charge in [0.05, 0.1) is 0 Å². The minimum atomic E-state index is 0.301. The first-order valence-corrected chi connectivity index (χ1v) is 7.17. The van der Waals surface area contributed by atoms with E-state index in [1.165, 1.54) is 15.0 Å². The summed E-state index contributed by atoms with van der Waals surface area (Å²) in [5, 5.41) is 13.2. The number of phenolic OH excluding ortho intramolecular Hbond substituents is 1. The van der Waals surface area contributed by atoms with E-state index < -0.39 is 0 Å². The van der Waals surface area contributed by atoms with E-state index in [2.05, 4.69) is 39.1 Å². The van der Waals surface area contributed by atoms with Gasteiger partial charge in [-0.3, -0.25) is 0 Å². The van der Waals surface area contributed by atoms with Gasteiger partial charge in [-0.05, 0) is 0 Å². The van der Waals surface area contributed by atoms with Crippen LogP contribution in [-0.4, -0.2) is 19.6 Å². The van der Waals surface area contributed by atoms with Crippen LogP contribution in [0.1, 0.15) is 0 Å². The standard InChI is InChI=1S/C12H7BrOSe/c13-10-4-9-6-12-7(1-2-15-12)3-8(9)5-11(10)14/h1-6,14H. The second kappa shape index (κ2) is 3.38. The van der Waals surface area contributed by atoms with Gasteiger partial charge in [0.2, 0.25) is 0 Å². The van der Waals surface area contributed by atoms with Crippen LogP contribution in [0.3, 0.4) is 0 Å². The van der Waals surface area contributed by atoms with Crippen molar-refractivity contribution in [2.45, 2.75) is 0 Å². The Morgan fingerprint density at radius 2 is 1.80 bits per heavy atom. The average Bonchev–Trinajstić information content (AvgIpc) is 2.63. The molecule has 0 aliphatic rings. The fourth-order valence-corrected chi connectivity index (χ4v) is 3.80. The van der Waals surface area contributed by atoms with E-state index in [-0.39, 0.29) is 0 Å². The van der Waals surface area contributed by atoms with Crippen molar-refractivity contribution in [3.05, 3.63) is 39.7 Å². The summed E-state index contributed by atoms with van der Waals surface area (Å²) in [6.45, 7) is 0. The zero-order chi connectivity index (χ0) is 10.4. The quantitative estimate of drug-likeness (QED) is 0.627. The number of hydrogen-bond acceptors (Lipinski definition) is 1. The topological polar surface area (TPSA) is 20.2 Å². The molecule has 3 heteroatoms. The van der Waals surface area contributed by atoms with Crippen molar-refractivity contribution >= 4 is 50.9 Å². The molecule has 0 aliphatic carbocycles. The van der Waals surface area contributed by atoms with E-state index in [9.17, 15) is 5.11 Å². The Labute approximate surface area is 101 Å². The number of aromatic hydroxyl groups is 1. The normalized spacial score (nSPS) is 11.3. The van der Waals surface area contributed by atoms with E-state index in [1.54, 1.807) is 6.07 Å². The molecule has 1 N–H and O–H groups in total. The molecular weight excluding hydrogens is 319 g/mol. The Hall–Kier alpha value is -0.761. The maximum absolute atomic E-state index is 9.60. The number of fused-ring (bicyclic) bond motifs is 2. The fraction of sp³-hybridized carbons (Fsp3) is 0. The van der Waals surface area contributed by atoms with Crippen molar-refractivity contribution in [3.8, 4) is 5.75 Å². The summed E-state index contributed by atoms with van der Waals surface area (Å²) in [5.74, 6) is 0.301. The molecule has 0 saturated carbocycles. The van der Waals surface area contributed by atoms with Crippen molar-refractivity contribution in [3.63, 3.8) is 0 Å². The summed E-state index contributed by atoms with van der Waals surface area (Å²) in [7, 11) is 0. The van der Waals surface area contributed by atoms with Crippen molar-refractivity contribution in [1.29, 1.82) is 0 Å². The molecule has 0 saturated heterocycles. The van der Waals surface area contributed by atoms with Gasteiger partial charge in [-0.15, -0.1) is 0 Å². The summed E-state index contributed by atoms with van der Waals surface area (Å²) in [6.07, 6.45) is 0. The van der Waals surface area contributed by atoms with Crippen molar-refractivity contribution in [2.75, 3.05) is 0 Å². The van der Waals surface area contributed by atoms with Gasteiger partial charge in [0.1, 0.15) is 0 Å². The molecule has 0 aliphatic heterocycles. The van der Waals surface area contributed by atoms with Crippen LogP contribution in [0.15, 0.2) is 39.7 Å². The molecule has 1 aromatic heterocycles. The molecule has 3 rings (SSSR count). The number of phenols is 1. The van der Waals surface area contributed by atoms with Crippen LogP contribution in [0, 0.1) is 0 Å². The Kier molecular flexibility index (Phi) is 2.13. The summed E-state index contributed by atoms with van der Waals surface area (Å²) in [6, 6.07) is 10.3. The fourth-order valence-electron chi connectivity index (χ4n) is 1.72. The molecule has 0 spiro atoms. The molecule has 0 amide bonds. The van der Waals surface area contributed by atoms with Crippen LogP contribution in [-0.2, 0) is 0 Å². The molecule has 2 aromatic carbocycles. The van der Waals surface area contributed by atoms with Gasteiger partial charge in [-0.1, -0.05) is 0 Å². The van der Waals surface area contributed by atoms with Gasteiger partial charge in [-0.25, -0.2) is 0 Å². The third kappa shape index (κ3) is 1.51. The van der Waals surface area contributed by atoms with E-state index in [0.29, 0.717) is 20.3 Å². The molecule has 15 heavy (non-hydrogen) atoms. The Morgan fingerprint density at radius 3 is 2.67 bits per heavy atom. The average molecular weight is 326 g/mol. The molecule has 0 fully saturated rings. The first kappa shape index (κ1) is 9.46. The molecule has 0 atom stereocenters. The van der Waals surface area contributed by atoms with Gasteiger partial charge in [0.15, 0.2) is 0 Å². The summed E-state index contributed by atoms with van der Waals surface area (Å²) < 4.78 is 2.18. The van der Waals surface area contributed by atoms with Crippen molar-refractivity contribution < 1.29 is 5.11 Å². The van der Waals surface area contributed by atoms with E-state index in [4.69, 9.17) is 0 Å². The SMILES string of the molecule is Oc1cc2cc3cc[se]c3cc2cc1Br. The molecule has 1 nitrogen and oxygen atoms in total. The first-order valence-electron chi connectivity index (χ1n) is 4.53. The summed E-state index contributed by atoms with van der Waals surface area (Å²) in [5.41, 5.74) is 0. The molecule has 0 radical (unpaired) electrons. The number of halogens is 1. The monoisotopic (exact) mass is 326 g/mol. The Bertz CT molecular complexity index is 602. The molecular formula is C12H7BrOSe. The van der Waals surface area contributed by atoms with Crippen LogP contribution in [0.5, 0.6) is 5.75 Å². The van der Waals surface area contributed by atoms with Crippen LogP contribution >= 0.6 is 15.9 Å². The molecule has 0 unspecified atom stereocenters. The zero-order valence-corrected chi connectivity index (χ0v) is 11.0. The van der Waals surface area contributed by atoms with Crippen LogP contribution in [0.4, 0.5) is 0 Å². The van der Waals surface area contributed by atoms with E-state index >= 15 is 0 Å². The Morgan fingerprint density at radius 1 is 1.00 bits per heavy atom. The number of hydrogen-bond donors (Lipinski definition) is 1. The van der Waals surface area contributed by atoms with Crippen LogP contribution in [0.2, 0.25) is 0 Å². The minimum absolute atomic E-state index is 0.301. The maximum atomic E-state index is 9.60. The zero-order valence-electron chi connectivity index (χ0n) is 7.70. The summed E-state index contributed by atoms with van der Waals surface area (Å²) in [4.78, 5) is 2.23. The van der Waals surface area contributed by atoms with E-state index in [1.807, 2.05) is 6.07 Å². The number of rotatable bonds is 0. The third-order valence-electron chi connectivity index (χ3n) is 2.48. The van der Waals surface area contributed by atoms with E-state index in [0.717, 1.165) is 9.86 Å². The predicted molar refractivity (Wildman–Crippen MR) is 67.8 cm³/mol. The molecule has 1 heterocycles. The molecule has 0 bridgehead atoms. The Balaban J connectivity index is 2.49. The van der Waals surface area contributed by atoms with Crippen molar-refractivity contribution in [2.24, 2.45) is 0 Å². The second-order valence-electron chi connectivity index (χ2n) is 3.46. The predicted octanol–water partition coefficient (Wildman–Crippen LogP) is 3.52. The second-order valence-corrected chi connectivity index (χ2v) is 6.30. The van der Waals surface area contributed by atoms with Gasteiger partial charge in [-0.2, -0.15) is 0 Å². The summed E-state index contributed by atoms with van der Waals surface area (Å²) >= 11 is 3.82. The number of benzene rings is 2. The van der Waals surface area contributed by atoms with Gasteiger partial charge in [0, 0.05) is 0 Å². The molecule has 3 aromatic rings. The first-order chi connectivity index (χ1) is 7.24.